The molecular formula is C22H18N4O3. The van der Waals surface area contributed by atoms with Crippen LogP contribution in [0, 0.1) is 11.8 Å². The lowest BCUT2D eigenvalue weighted by atomic mass is 10.0. The zero-order valence-electron chi connectivity index (χ0n) is 15.7. The second-order valence-corrected chi connectivity index (χ2v) is 6.95. The second-order valence-electron chi connectivity index (χ2n) is 6.95. The van der Waals surface area contributed by atoms with E-state index in [1.807, 2.05) is 6.07 Å². The molecule has 7 heteroatoms. The van der Waals surface area contributed by atoms with Gasteiger partial charge in [-0.3, -0.25) is 9.59 Å². The summed E-state index contributed by atoms with van der Waals surface area (Å²) in [5.41, 5.74) is 5.83. The fourth-order valence-electron chi connectivity index (χ4n) is 3.27. The molecule has 1 aliphatic heterocycles. The fraction of sp³-hybridized carbons (Fsp3) is 0.182. The molecule has 1 aromatic heterocycles. The molecule has 0 spiro atoms. The quantitative estimate of drug-likeness (QED) is 0.646. The van der Waals surface area contributed by atoms with Crippen molar-refractivity contribution in [3.63, 3.8) is 0 Å². The number of para-hydroxylation sites is 1. The van der Waals surface area contributed by atoms with Gasteiger partial charge in [0, 0.05) is 36.5 Å². The van der Waals surface area contributed by atoms with Crippen LogP contribution in [-0.4, -0.2) is 51.0 Å². The maximum absolute atomic E-state index is 12.1. The Balaban J connectivity index is 1.75. The van der Waals surface area contributed by atoms with Crippen LogP contribution in [0.4, 0.5) is 0 Å². The van der Waals surface area contributed by atoms with Crippen LogP contribution >= 0.6 is 0 Å². The van der Waals surface area contributed by atoms with E-state index >= 15 is 0 Å². The van der Waals surface area contributed by atoms with Crippen LogP contribution < -0.4 is 5.73 Å². The second kappa shape index (κ2) is 7.00. The van der Waals surface area contributed by atoms with E-state index in [0.717, 1.165) is 0 Å². The van der Waals surface area contributed by atoms with E-state index in [4.69, 9.17) is 5.73 Å². The summed E-state index contributed by atoms with van der Waals surface area (Å²) in [6.45, 7) is 0.463. The van der Waals surface area contributed by atoms with Crippen molar-refractivity contribution in [1.29, 1.82) is 0 Å². The summed E-state index contributed by atoms with van der Waals surface area (Å²) in [6, 6.07) is 14.2. The summed E-state index contributed by atoms with van der Waals surface area (Å²) in [7, 11) is 1.63. The molecule has 3 aromatic rings. The van der Waals surface area contributed by atoms with Crippen molar-refractivity contribution in [2.45, 2.75) is 12.0 Å². The van der Waals surface area contributed by atoms with E-state index < -0.39 is 17.4 Å². The third-order valence-corrected chi connectivity index (χ3v) is 4.88. The smallest absolute Gasteiger partial charge is 0.268 e. The molecule has 1 fully saturated rings. The Morgan fingerprint density at radius 2 is 2.00 bits per heavy atom. The Bertz CT molecular complexity index is 1210. The van der Waals surface area contributed by atoms with Gasteiger partial charge in [0.25, 0.3) is 11.8 Å². The molecule has 1 aliphatic rings. The third kappa shape index (κ3) is 3.42. The standard InChI is InChI=1S/C22H18N4O3/c1-26-12-11-22(29,21(26)28)10-9-14-5-4-6-15(13-14)20-24-17-8-3-2-7-16(17)18(25-20)19(23)27/h2-8,13,29H,11-12H2,1H3,(H2,23,27). The van der Waals surface area contributed by atoms with Gasteiger partial charge in [0.1, 0.15) is 5.69 Å². The van der Waals surface area contributed by atoms with Gasteiger partial charge in [0.2, 0.25) is 5.60 Å². The minimum atomic E-state index is -1.66. The summed E-state index contributed by atoms with van der Waals surface area (Å²) in [4.78, 5) is 34.2. The molecule has 4 rings (SSSR count). The third-order valence-electron chi connectivity index (χ3n) is 4.88. The van der Waals surface area contributed by atoms with Gasteiger partial charge in [0.15, 0.2) is 5.82 Å². The van der Waals surface area contributed by atoms with Crippen molar-refractivity contribution in [3.8, 4) is 23.2 Å². The monoisotopic (exact) mass is 386 g/mol. The highest BCUT2D eigenvalue weighted by Gasteiger charge is 2.42. The number of carbonyl (C=O) groups is 2. The van der Waals surface area contributed by atoms with Gasteiger partial charge in [-0.15, -0.1) is 0 Å². The van der Waals surface area contributed by atoms with Crippen molar-refractivity contribution in [2.24, 2.45) is 5.73 Å². The van der Waals surface area contributed by atoms with Crippen LogP contribution in [-0.2, 0) is 4.79 Å². The lowest BCUT2D eigenvalue weighted by molar-refractivity contribution is -0.137. The number of nitrogens with two attached hydrogens (primary N) is 1. The highest BCUT2D eigenvalue weighted by atomic mass is 16.3. The minimum absolute atomic E-state index is 0.149. The number of carbonyl (C=O) groups excluding carboxylic acids is 2. The van der Waals surface area contributed by atoms with Crippen molar-refractivity contribution in [3.05, 3.63) is 59.8 Å². The molecule has 1 saturated heterocycles. The molecule has 2 amide bonds. The number of likely N-dealkylation sites (N-methyl/N-ethyl adjacent to an activating group) is 1. The van der Waals surface area contributed by atoms with Crippen molar-refractivity contribution in [2.75, 3.05) is 13.6 Å². The predicted molar refractivity (Wildman–Crippen MR) is 108 cm³/mol. The van der Waals surface area contributed by atoms with Crippen LogP contribution in [0.2, 0.25) is 0 Å². The van der Waals surface area contributed by atoms with Crippen molar-refractivity contribution >= 4 is 22.7 Å². The van der Waals surface area contributed by atoms with Crippen LogP contribution in [0.3, 0.4) is 0 Å². The van der Waals surface area contributed by atoms with E-state index in [0.29, 0.717) is 34.4 Å². The topological polar surface area (TPSA) is 109 Å². The average molecular weight is 386 g/mol. The average Bonchev–Trinajstić information content (AvgIpc) is 2.99. The van der Waals surface area contributed by atoms with Gasteiger partial charge in [0.05, 0.1) is 5.52 Å². The Morgan fingerprint density at radius 3 is 2.72 bits per heavy atom. The largest absolute Gasteiger partial charge is 0.369 e. The number of aromatic nitrogens is 2. The van der Waals surface area contributed by atoms with Crippen LogP contribution in [0.1, 0.15) is 22.5 Å². The highest BCUT2D eigenvalue weighted by molar-refractivity contribution is 6.04. The van der Waals surface area contributed by atoms with Crippen LogP contribution in [0.15, 0.2) is 48.5 Å². The SMILES string of the molecule is CN1CCC(O)(C#Cc2cccc(-c3nc(C(N)=O)c4ccccc4n3)c2)C1=O. The van der Waals surface area contributed by atoms with E-state index in [2.05, 4.69) is 21.8 Å². The molecule has 29 heavy (non-hydrogen) atoms. The molecule has 0 radical (unpaired) electrons. The first kappa shape index (κ1) is 18.6. The molecule has 2 heterocycles. The Hall–Kier alpha value is -3.76. The van der Waals surface area contributed by atoms with Crippen LogP contribution in [0.5, 0.6) is 0 Å². The maximum atomic E-state index is 12.1. The first-order chi connectivity index (χ1) is 13.9. The summed E-state index contributed by atoms with van der Waals surface area (Å²) in [6.07, 6.45) is 0.269. The van der Waals surface area contributed by atoms with Gasteiger partial charge in [-0.2, -0.15) is 0 Å². The van der Waals surface area contributed by atoms with Crippen LogP contribution in [0.25, 0.3) is 22.3 Å². The van der Waals surface area contributed by atoms with Crippen molar-refractivity contribution < 1.29 is 14.7 Å². The molecule has 144 valence electrons. The Morgan fingerprint density at radius 1 is 1.21 bits per heavy atom. The first-order valence-electron chi connectivity index (χ1n) is 9.05. The number of rotatable bonds is 2. The summed E-state index contributed by atoms with van der Waals surface area (Å²) in [5, 5.41) is 11.0. The molecule has 2 aromatic carbocycles. The number of nitrogens with zero attached hydrogens (tertiary/aromatic N) is 3. The molecule has 0 aliphatic carbocycles. The van der Waals surface area contributed by atoms with Gasteiger partial charge in [-0.25, -0.2) is 9.97 Å². The number of primary amides is 1. The molecule has 1 unspecified atom stereocenters. The number of likely N-dealkylation sites (tertiary alicyclic amines) is 1. The van der Waals surface area contributed by atoms with E-state index in [1.165, 1.54) is 4.90 Å². The van der Waals surface area contributed by atoms with Gasteiger partial charge in [-0.1, -0.05) is 42.2 Å². The zero-order valence-corrected chi connectivity index (χ0v) is 15.7. The first-order valence-corrected chi connectivity index (χ1v) is 9.05. The predicted octanol–water partition coefficient (Wildman–Crippen LogP) is 1.34. The summed E-state index contributed by atoms with van der Waals surface area (Å²) in [5.74, 6) is 4.87. The lowest BCUT2D eigenvalue weighted by Gasteiger charge is -2.13. The number of hydrogen-bond acceptors (Lipinski definition) is 5. The Labute approximate surface area is 167 Å². The summed E-state index contributed by atoms with van der Waals surface area (Å²) < 4.78 is 0. The number of amides is 2. The van der Waals surface area contributed by atoms with E-state index in [9.17, 15) is 14.7 Å². The van der Waals surface area contributed by atoms with Gasteiger partial charge in [-0.05, 0) is 18.2 Å². The molecular weight excluding hydrogens is 368 g/mol. The van der Waals surface area contributed by atoms with Crippen molar-refractivity contribution in [1.82, 2.24) is 14.9 Å². The number of aliphatic hydroxyl groups is 1. The van der Waals surface area contributed by atoms with Gasteiger partial charge < -0.3 is 15.7 Å². The molecule has 7 nitrogen and oxygen atoms in total. The maximum Gasteiger partial charge on any atom is 0.268 e. The normalized spacial score (nSPS) is 18.6. The highest BCUT2D eigenvalue weighted by Crippen LogP contribution is 2.23. The Kier molecular flexibility index (Phi) is 4.49. The molecule has 0 saturated carbocycles. The molecule has 0 bridgehead atoms. The fourth-order valence-corrected chi connectivity index (χ4v) is 3.27. The zero-order chi connectivity index (χ0) is 20.6. The molecule has 3 N–H and O–H groups in total. The number of hydrogen-bond donors (Lipinski definition) is 2. The lowest BCUT2D eigenvalue weighted by Crippen LogP contribution is -2.37. The van der Waals surface area contributed by atoms with E-state index in [1.54, 1.807) is 49.5 Å². The van der Waals surface area contributed by atoms with E-state index in [-0.39, 0.29) is 12.1 Å². The summed E-state index contributed by atoms with van der Waals surface area (Å²) >= 11 is 0. The molecule has 1 atom stereocenters. The number of benzene rings is 2. The number of fused-ring (bicyclic) bond motifs is 1. The van der Waals surface area contributed by atoms with Gasteiger partial charge >= 0.3 is 0 Å². The minimum Gasteiger partial charge on any atom is -0.369 e.